The molecule has 0 aliphatic carbocycles. The Labute approximate surface area is 158 Å². The van der Waals surface area contributed by atoms with Crippen LogP contribution in [0.2, 0.25) is 0 Å². The van der Waals surface area contributed by atoms with Gasteiger partial charge in [-0.15, -0.1) is 0 Å². The predicted molar refractivity (Wildman–Crippen MR) is 112 cm³/mol. The molecule has 0 amide bonds. The average molecular weight is 351 g/mol. The summed E-state index contributed by atoms with van der Waals surface area (Å²) in [5, 5.41) is 1.16. The zero-order valence-corrected chi connectivity index (χ0v) is 15.6. The Morgan fingerprint density at radius 2 is 1.44 bits per heavy atom. The highest BCUT2D eigenvalue weighted by Crippen LogP contribution is 2.29. The van der Waals surface area contributed by atoms with Crippen molar-refractivity contribution in [3.63, 3.8) is 0 Å². The number of hydrogen-bond donors (Lipinski definition) is 0. The van der Waals surface area contributed by atoms with E-state index in [0.29, 0.717) is 5.92 Å². The smallest absolute Gasteiger partial charge is 0.160 e. The molecule has 3 aromatic carbocycles. The van der Waals surface area contributed by atoms with Gasteiger partial charge in [-0.3, -0.25) is 0 Å². The van der Waals surface area contributed by atoms with Crippen molar-refractivity contribution in [3.8, 4) is 0 Å². The van der Waals surface area contributed by atoms with E-state index in [-0.39, 0.29) is 0 Å². The summed E-state index contributed by atoms with van der Waals surface area (Å²) in [4.78, 5) is 9.88. The van der Waals surface area contributed by atoms with Crippen LogP contribution in [0.15, 0.2) is 72.8 Å². The lowest BCUT2D eigenvalue weighted by Crippen LogP contribution is -2.01. The van der Waals surface area contributed by atoms with Gasteiger partial charge in [0.2, 0.25) is 0 Å². The standard InChI is InChI=1S/C24H21N3/c1-16(2)18-13-11-17(12-14-18)15-27-22-10-6-3-7-19(22)23-24(27)26-21-9-5-4-8-20(21)25-23/h3-14,16H,15H2,1-2H3. The lowest BCUT2D eigenvalue weighted by Gasteiger charge is -2.10. The Morgan fingerprint density at radius 3 is 2.19 bits per heavy atom. The van der Waals surface area contributed by atoms with E-state index < -0.39 is 0 Å². The molecule has 3 nitrogen and oxygen atoms in total. The maximum atomic E-state index is 4.96. The van der Waals surface area contributed by atoms with E-state index in [0.717, 1.165) is 34.1 Å². The lowest BCUT2D eigenvalue weighted by molar-refractivity contribution is 0.843. The third-order valence-corrected chi connectivity index (χ3v) is 5.24. The van der Waals surface area contributed by atoms with Crippen molar-refractivity contribution in [2.45, 2.75) is 26.3 Å². The van der Waals surface area contributed by atoms with Gasteiger partial charge in [0, 0.05) is 11.9 Å². The van der Waals surface area contributed by atoms with Gasteiger partial charge in [0.15, 0.2) is 5.65 Å². The van der Waals surface area contributed by atoms with E-state index in [1.54, 1.807) is 0 Å². The molecule has 0 unspecified atom stereocenters. The minimum atomic E-state index is 0.546. The molecule has 2 heterocycles. The summed E-state index contributed by atoms with van der Waals surface area (Å²) >= 11 is 0. The first-order chi connectivity index (χ1) is 13.2. The van der Waals surface area contributed by atoms with Crippen molar-refractivity contribution in [3.05, 3.63) is 83.9 Å². The van der Waals surface area contributed by atoms with Gasteiger partial charge in [-0.2, -0.15) is 0 Å². The highest BCUT2D eigenvalue weighted by Gasteiger charge is 2.14. The molecule has 0 saturated carbocycles. The second-order valence-corrected chi connectivity index (χ2v) is 7.38. The molecule has 0 bridgehead atoms. The van der Waals surface area contributed by atoms with Crippen LogP contribution in [-0.2, 0) is 6.54 Å². The van der Waals surface area contributed by atoms with Gasteiger partial charge in [0.1, 0.15) is 5.52 Å². The molecule has 0 fully saturated rings. The zero-order valence-electron chi connectivity index (χ0n) is 15.6. The number of benzene rings is 3. The fourth-order valence-corrected chi connectivity index (χ4v) is 3.73. The SMILES string of the molecule is CC(C)c1ccc(Cn2c3ccccc3c3nc4ccccc4nc32)cc1. The molecule has 5 rings (SSSR count). The molecule has 132 valence electrons. The van der Waals surface area contributed by atoms with E-state index in [1.807, 2.05) is 24.3 Å². The van der Waals surface area contributed by atoms with Gasteiger partial charge in [-0.25, -0.2) is 9.97 Å². The van der Waals surface area contributed by atoms with Crippen molar-refractivity contribution in [2.24, 2.45) is 0 Å². The van der Waals surface area contributed by atoms with E-state index in [1.165, 1.54) is 16.6 Å². The molecule has 2 aromatic heterocycles. The fraction of sp³-hybridized carbons (Fsp3) is 0.167. The van der Waals surface area contributed by atoms with E-state index >= 15 is 0 Å². The van der Waals surface area contributed by atoms with Gasteiger partial charge in [0.05, 0.1) is 16.6 Å². The zero-order chi connectivity index (χ0) is 18.4. The number of para-hydroxylation sites is 3. The summed E-state index contributed by atoms with van der Waals surface area (Å²) in [7, 11) is 0. The minimum absolute atomic E-state index is 0.546. The summed E-state index contributed by atoms with van der Waals surface area (Å²) in [6.07, 6.45) is 0. The van der Waals surface area contributed by atoms with Crippen molar-refractivity contribution >= 4 is 33.1 Å². The summed E-state index contributed by atoms with van der Waals surface area (Å²) < 4.78 is 2.29. The maximum Gasteiger partial charge on any atom is 0.160 e. The van der Waals surface area contributed by atoms with Gasteiger partial charge >= 0.3 is 0 Å². The first kappa shape index (κ1) is 16.0. The molecular weight excluding hydrogens is 330 g/mol. The molecule has 27 heavy (non-hydrogen) atoms. The summed E-state index contributed by atoms with van der Waals surface area (Å²) in [5.41, 5.74) is 7.61. The second kappa shape index (κ2) is 6.20. The number of nitrogens with zero attached hydrogens (tertiary/aromatic N) is 3. The predicted octanol–water partition coefficient (Wildman–Crippen LogP) is 5.91. The fourth-order valence-electron chi connectivity index (χ4n) is 3.73. The molecule has 0 radical (unpaired) electrons. The number of fused-ring (bicyclic) bond motifs is 4. The van der Waals surface area contributed by atoms with Gasteiger partial charge < -0.3 is 4.57 Å². The first-order valence-corrected chi connectivity index (χ1v) is 9.43. The Balaban J connectivity index is 1.72. The first-order valence-electron chi connectivity index (χ1n) is 9.43. The van der Waals surface area contributed by atoms with Crippen LogP contribution in [0.4, 0.5) is 0 Å². The summed E-state index contributed by atoms with van der Waals surface area (Å²) in [5.74, 6) is 0.546. The maximum absolute atomic E-state index is 4.96. The van der Waals surface area contributed by atoms with Crippen LogP contribution in [0.25, 0.3) is 33.1 Å². The second-order valence-electron chi connectivity index (χ2n) is 7.38. The largest absolute Gasteiger partial charge is 0.319 e. The lowest BCUT2D eigenvalue weighted by atomic mass is 10.0. The number of hydrogen-bond acceptors (Lipinski definition) is 2. The molecule has 0 spiro atoms. The average Bonchev–Trinajstić information content (AvgIpc) is 3.00. The van der Waals surface area contributed by atoms with Crippen molar-refractivity contribution in [1.82, 2.24) is 14.5 Å². The molecule has 5 aromatic rings. The van der Waals surface area contributed by atoms with Crippen molar-refractivity contribution in [1.29, 1.82) is 0 Å². The van der Waals surface area contributed by atoms with Crippen molar-refractivity contribution < 1.29 is 0 Å². The van der Waals surface area contributed by atoms with Crippen LogP contribution in [0.3, 0.4) is 0 Å². The highest BCUT2D eigenvalue weighted by molar-refractivity contribution is 6.06. The minimum Gasteiger partial charge on any atom is -0.319 e. The van der Waals surface area contributed by atoms with E-state index in [9.17, 15) is 0 Å². The topological polar surface area (TPSA) is 30.7 Å². The molecule has 3 heteroatoms. The number of aromatic nitrogens is 3. The summed E-state index contributed by atoms with van der Waals surface area (Å²) in [6, 6.07) is 25.4. The van der Waals surface area contributed by atoms with Crippen LogP contribution in [-0.4, -0.2) is 14.5 Å². The van der Waals surface area contributed by atoms with Crippen LogP contribution in [0, 0.1) is 0 Å². The highest BCUT2D eigenvalue weighted by atomic mass is 15.1. The Kier molecular flexibility index (Phi) is 3.68. The molecule has 0 aliphatic rings. The van der Waals surface area contributed by atoms with Crippen LogP contribution < -0.4 is 0 Å². The molecular formula is C24H21N3. The molecule has 0 N–H and O–H groups in total. The molecule has 0 atom stereocenters. The molecule has 0 saturated heterocycles. The van der Waals surface area contributed by atoms with Gasteiger partial charge in [-0.05, 0) is 35.2 Å². The van der Waals surface area contributed by atoms with Crippen LogP contribution in [0.5, 0.6) is 0 Å². The van der Waals surface area contributed by atoms with Crippen molar-refractivity contribution in [2.75, 3.05) is 0 Å². The Hall–Kier alpha value is -3.20. The van der Waals surface area contributed by atoms with Gasteiger partial charge in [0.25, 0.3) is 0 Å². The Morgan fingerprint density at radius 1 is 0.778 bits per heavy atom. The monoisotopic (exact) mass is 351 g/mol. The van der Waals surface area contributed by atoms with Gasteiger partial charge in [-0.1, -0.05) is 68.4 Å². The van der Waals surface area contributed by atoms with Crippen LogP contribution in [0.1, 0.15) is 30.9 Å². The third kappa shape index (κ3) is 2.67. The normalized spacial score (nSPS) is 11.8. The van der Waals surface area contributed by atoms with E-state index in [4.69, 9.17) is 9.97 Å². The summed E-state index contributed by atoms with van der Waals surface area (Å²) in [6.45, 7) is 5.24. The third-order valence-electron chi connectivity index (χ3n) is 5.24. The number of rotatable bonds is 3. The molecule has 0 aliphatic heterocycles. The quantitative estimate of drug-likeness (QED) is 0.404. The van der Waals surface area contributed by atoms with E-state index in [2.05, 4.69) is 66.9 Å². The van der Waals surface area contributed by atoms with Crippen LogP contribution >= 0.6 is 0 Å². The Bertz CT molecular complexity index is 1260.